The van der Waals surface area contributed by atoms with E-state index in [-0.39, 0.29) is 10.6 Å². The molecule has 7 heteroatoms. The Morgan fingerprint density at radius 3 is 2.19 bits per heavy atom. The standard InChI is InChI=1S/C25H27NO5S/c1-5-20-11-13-21(14-12-20)26(32(28,29)24-15-9-18(2)10-16-24)25(27)19(3)31-23-8-6-7-22(17-23)30-4/h6-17,19H,5H2,1-4H3. The average Bonchev–Trinajstić information content (AvgIpc) is 2.79. The van der Waals surface area contributed by atoms with E-state index in [1.54, 1.807) is 48.5 Å². The fourth-order valence-corrected chi connectivity index (χ4v) is 4.64. The Hall–Kier alpha value is -3.32. The average molecular weight is 454 g/mol. The monoisotopic (exact) mass is 453 g/mol. The topological polar surface area (TPSA) is 72.9 Å². The van der Waals surface area contributed by atoms with Gasteiger partial charge in [-0.3, -0.25) is 4.79 Å². The smallest absolute Gasteiger partial charge is 0.281 e. The Kier molecular flexibility index (Phi) is 7.20. The molecule has 0 aliphatic rings. The first-order valence-electron chi connectivity index (χ1n) is 10.3. The lowest BCUT2D eigenvalue weighted by molar-refractivity contribution is -0.123. The molecule has 0 fully saturated rings. The number of carbonyl (C=O) groups excluding carboxylic acids is 1. The SMILES string of the molecule is CCc1ccc(N(C(=O)C(C)Oc2cccc(OC)c2)S(=O)(=O)c2ccc(C)cc2)cc1. The molecule has 6 nitrogen and oxygen atoms in total. The maximum atomic E-state index is 13.5. The number of rotatable bonds is 8. The highest BCUT2D eigenvalue weighted by molar-refractivity contribution is 7.93. The summed E-state index contributed by atoms with van der Waals surface area (Å²) in [6, 6.07) is 20.1. The number of ether oxygens (including phenoxy) is 2. The maximum absolute atomic E-state index is 13.5. The lowest BCUT2D eigenvalue weighted by Gasteiger charge is -2.26. The Balaban J connectivity index is 2.00. The summed E-state index contributed by atoms with van der Waals surface area (Å²) in [5.41, 5.74) is 2.22. The molecule has 0 aliphatic heterocycles. The largest absolute Gasteiger partial charge is 0.497 e. The van der Waals surface area contributed by atoms with Gasteiger partial charge in [-0.25, -0.2) is 8.42 Å². The molecule has 0 spiro atoms. The quantitative estimate of drug-likeness (QED) is 0.492. The van der Waals surface area contributed by atoms with Gasteiger partial charge < -0.3 is 9.47 Å². The summed E-state index contributed by atoms with van der Waals surface area (Å²) in [6.45, 7) is 5.40. The first kappa shape index (κ1) is 23.3. The van der Waals surface area contributed by atoms with Gasteiger partial charge in [-0.05, 0) is 62.2 Å². The normalized spacial score (nSPS) is 12.1. The molecule has 3 rings (SSSR count). The van der Waals surface area contributed by atoms with Gasteiger partial charge in [-0.1, -0.05) is 42.8 Å². The number of anilines is 1. The van der Waals surface area contributed by atoms with Crippen LogP contribution in [0, 0.1) is 6.92 Å². The van der Waals surface area contributed by atoms with Crippen molar-refractivity contribution in [1.82, 2.24) is 0 Å². The zero-order valence-corrected chi connectivity index (χ0v) is 19.4. The molecular formula is C25H27NO5S. The van der Waals surface area contributed by atoms with Crippen LogP contribution >= 0.6 is 0 Å². The molecule has 0 heterocycles. The van der Waals surface area contributed by atoms with Gasteiger partial charge in [0.05, 0.1) is 17.7 Å². The van der Waals surface area contributed by atoms with Crippen molar-refractivity contribution < 1.29 is 22.7 Å². The Morgan fingerprint density at radius 1 is 0.969 bits per heavy atom. The highest BCUT2D eigenvalue weighted by Gasteiger charge is 2.34. The van der Waals surface area contributed by atoms with Crippen LogP contribution in [0.5, 0.6) is 11.5 Å². The summed E-state index contributed by atoms with van der Waals surface area (Å²) in [5, 5.41) is 0. The minimum atomic E-state index is -4.16. The van der Waals surface area contributed by atoms with E-state index in [9.17, 15) is 13.2 Å². The van der Waals surface area contributed by atoms with E-state index in [1.165, 1.54) is 26.2 Å². The molecule has 0 saturated carbocycles. The molecule has 0 saturated heterocycles. The van der Waals surface area contributed by atoms with Crippen molar-refractivity contribution in [2.24, 2.45) is 0 Å². The highest BCUT2D eigenvalue weighted by Crippen LogP contribution is 2.27. The number of methoxy groups -OCH3 is 1. The zero-order chi connectivity index (χ0) is 23.3. The van der Waals surface area contributed by atoms with Gasteiger partial charge in [0.15, 0.2) is 6.10 Å². The van der Waals surface area contributed by atoms with E-state index >= 15 is 0 Å². The van der Waals surface area contributed by atoms with Gasteiger partial charge in [0.2, 0.25) is 0 Å². The second kappa shape index (κ2) is 9.87. The van der Waals surface area contributed by atoms with Crippen LogP contribution in [0.2, 0.25) is 0 Å². The Morgan fingerprint density at radius 2 is 1.59 bits per heavy atom. The number of benzene rings is 3. The van der Waals surface area contributed by atoms with Gasteiger partial charge in [0.1, 0.15) is 11.5 Å². The number of nitrogens with zero attached hydrogens (tertiary/aromatic N) is 1. The van der Waals surface area contributed by atoms with Crippen LogP contribution in [0.15, 0.2) is 77.7 Å². The third-order valence-corrected chi connectivity index (χ3v) is 6.78. The van der Waals surface area contributed by atoms with E-state index in [2.05, 4.69) is 0 Å². The molecule has 0 aliphatic carbocycles. The molecule has 0 aromatic heterocycles. The third kappa shape index (κ3) is 5.11. The number of amides is 1. The van der Waals surface area contributed by atoms with Crippen molar-refractivity contribution in [2.45, 2.75) is 38.2 Å². The fourth-order valence-electron chi connectivity index (χ4n) is 3.16. The summed E-state index contributed by atoms with van der Waals surface area (Å²) < 4.78 is 38.8. The third-order valence-electron chi connectivity index (χ3n) is 5.04. The molecule has 168 valence electrons. The van der Waals surface area contributed by atoms with Crippen molar-refractivity contribution in [2.75, 3.05) is 11.4 Å². The zero-order valence-electron chi connectivity index (χ0n) is 18.6. The van der Waals surface area contributed by atoms with E-state index in [1.807, 2.05) is 26.0 Å². The van der Waals surface area contributed by atoms with Crippen LogP contribution in [0.3, 0.4) is 0 Å². The van der Waals surface area contributed by atoms with Gasteiger partial charge >= 0.3 is 0 Å². The summed E-state index contributed by atoms with van der Waals surface area (Å²) in [4.78, 5) is 13.5. The minimum absolute atomic E-state index is 0.0320. The molecule has 0 N–H and O–H groups in total. The van der Waals surface area contributed by atoms with E-state index in [4.69, 9.17) is 9.47 Å². The molecule has 1 amide bonds. The Labute approximate surface area is 189 Å². The summed E-state index contributed by atoms with van der Waals surface area (Å²) >= 11 is 0. The first-order chi connectivity index (χ1) is 15.3. The van der Waals surface area contributed by atoms with E-state index < -0.39 is 22.0 Å². The van der Waals surface area contributed by atoms with Gasteiger partial charge in [-0.2, -0.15) is 4.31 Å². The molecule has 3 aromatic carbocycles. The van der Waals surface area contributed by atoms with Crippen LogP contribution in [-0.2, 0) is 21.2 Å². The Bertz CT molecular complexity index is 1170. The van der Waals surface area contributed by atoms with Gasteiger partial charge in [0, 0.05) is 6.07 Å². The molecule has 3 aromatic rings. The fraction of sp³-hybridized carbons (Fsp3) is 0.240. The number of hydrogen-bond acceptors (Lipinski definition) is 5. The van der Waals surface area contributed by atoms with Crippen molar-refractivity contribution in [3.63, 3.8) is 0 Å². The van der Waals surface area contributed by atoms with Crippen molar-refractivity contribution in [3.05, 3.63) is 83.9 Å². The lowest BCUT2D eigenvalue weighted by Crippen LogP contribution is -2.44. The molecule has 1 atom stereocenters. The summed E-state index contributed by atoms with van der Waals surface area (Å²) in [6.07, 6.45) is -0.262. The van der Waals surface area contributed by atoms with E-state index in [0.29, 0.717) is 11.5 Å². The van der Waals surface area contributed by atoms with Crippen molar-refractivity contribution >= 4 is 21.6 Å². The van der Waals surface area contributed by atoms with Crippen LogP contribution in [0.4, 0.5) is 5.69 Å². The first-order valence-corrected chi connectivity index (χ1v) is 11.8. The second-order valence-corrected chi connectivity index (χ2v) is 9.17. The highest BCUT2D eigenvalue weighted by atomic mass is 32.2. The minimum Gasteiger partial charge on any atom is -0.497 e. The second-order valence-electron chi connectivity index (χ2n) is 7.38. The van der Waals surface area contributed by atoms with Crippen LogP contribution < -0.4 is 13.8 Å². The number of sulfonamides is 1. The van der Waals surface area contributed by atoms with Crippen molar-refractivity contribution in [1.29, 1.82) is 0 Å². The number of carbonyl (C=O) groups is 1. The van der Waals surface area contributed by atoms with Crippen LogP contribution in [0.1, 0.15) is 25.0 Å². The predicted molar refractivity (Wildman–Crippen MR) is 125 cm³/mol. The van der Waals surface area contributed by atoms with Gasteiger partial charge in [0.25, 0.3) is 15.9 Å². The molecule has 32 heavy (non-hydrogen) atoms. The molecule has 1 unspecified atom stereocenters. The number of hydrogen-bond donors (Lipinski definition) is 0. The summed E-state index contributed by atoms with van der Waals surface area (Å²) in [7, 11) is -2.63. The van der Waals surface area contributed by atoms with E-state index in [0.717, 1.165) is 21.9 Å². The molecule has 0 bridgehead atoms. The lowest BCUT2D eigenvalue weighted by atomic mass is 10.1. The predicted octanol–water partition coefficient (Wildman–Crippen LogP) is 4.76. The maximum Gasteiger partial charge on any atom is 0.281 e. The molecule has 0 radical (unpaired) electrons. The summed E-state index contributed by atoms with van der Waals surface area (Å²) in [5.74, 6) is 0.276. The number of aryl methyl sites for hydroxylation is 2. The van der Waals surface area contributed by atoms with Crippen LogP contribution in [0.25, 0.3) is 0 Å². The van der Waals surface area contributed by atoms with Crippen molar-refractivity contribution in [3.8, 4) is 11.5 Å². The molecular weight excluding hydrogens is 426 g/mol. The van der Waals surface area contributed by atoms with Gasteiger partial charge in [-0.15, -0.1) is 0 Å². The van der Waals surface area contributed by atoms with Crippen LogP contribution in [-0.4, -0.2) is 27.5 Å².